The van der Waals surface area contributed by atoms with Crippen molar-refractivity contribution in [3.05, 3.63) is 0 Å². The van der Waals surface area contributed by atoms with E-state index in [1.165, 1.54) is 30.8 Å². The van der Waals surface area contributed by atoms with Crippen LogP contribution in [0.15, 0.2) is 0 Å². The van der Waals surface area contributed by atoms with Gasteiger partial charge in [-0.25, -0.2) is 0 Å². The molecule has 0 unspecified atom stereocenters. The molecular weight excluding hydrogens is 200 g/mol. The molecule has 0 radical (unpaired) electrons. The van der Waals surface area contributed by atoms with E-state index in [9.17, 15) is 0 Å². The van der Waals surface area contributed by atoms with E-state index in [4.69, 9.17) is 11.5 Å². The minimum Gasteiger partial charge on any atom is -0.330 e. The van der Waals surface area contributed by atoms with Crippen LogP contribution in [0.5, 0.6) is 0 Å². The highest BCUT2D eigenvalue weighted by atomic mass is 32.2. The fraction of sp³-hybridized carbons (Fsp3) is 1.00. The summed E-state index contributed by atoms with van der Waals surface area (Å²) in [5, 5.41) is 0. The Hall–Kier alpha value is 0.620. The summed E-state index contributed by atoms with van der Waals surface area (Å²) in [7, 11) is 0. The van der Waals surface area contributed by atoms with Gasteiger partial charge >= 0.3 is 0 Å². The molecule has 0 amide bonds. The van der Waals surface area contributed by atoms with E-state index in [0.717, 1.165) is 24.6 Å². The third-order valence-electron chi connectivity index (χ3n) is 1.60. The normalized spacial score (nSPS) is 10.6. The molecule has 0 atom stereocenters. The first kappa shape index (κ1) is 13.6. The average molecular weight is 222 g/mol. The first-order valence-corrected chi connectivity index (χ1v) is 7.28. The lowest BCUT2D eigenvalue weighted by Gasteiger charge is -2.00. The van der Waals surface area contributed by atoms with Crippen molar-refractivity contribution in [3.63, 3.8) is 0 Å². The second-order valence-corrected chi connectivity index (χ2v) is 5.31. The number of hydrogen-bond donors (Lipinski definition) is 2. The number of thioether (sulfide) groups is 2. The van der Waals surface area contributed by atoms with Crippen LogP contribution in [-0.2, 0) is 0 Å². The summed E-state index contributed by atoms with van der Waals surface area (Å²) in [4.78, 5) is 0. The Morgan fingerprint density at radius 1 is 0.615 bits per heavy atom. The summed E-state index contributed by atoms with van der Waals surface area (Å²) in [6.07, 6.45) is 4.04. The van der Waals surface area contributed by atoms with Gasteiger partial charge in [0, 0.05) is 24.6 Å². The van der Waals surface area contributed by atoms with Crippen molar-refractivity contribution in [3.8, 4) is 0 Å². The van der Waals surface area contributed by atoms with Crippen molar-refractivity contribution in [1.82, 2.24) is 0 Å². The van der Waals surface area contributed by atoms with Gasteiger partial charge in [-0.15, -0.1) is 0 Å². The van der Waals surface area contributed by atoms with E-state index >= 15 is 0 Å². The highest BCUT2D eigenvalue weighted by molar-refractivity contribution is 7.99. The van der Waals surface area contributed by atoms with Gasteiger partial charge in [0.05, 0.1) is 0 Å². The maximum atomic E-state index is 5.39. The fourth-order valence-electron chi connectivity index (χ4n) is 0.956. The van der Waals surface area contributed by atoms with E-state index in [1.54, 1.807) is 0 Å². The molecular formula is C9H22N2S2. The van der Waals surface area contributed by atoms with Crippen molar-refractivity contribution in [2.45, 2.75) is 19.3 Å². The molecule has 0 aromatic heterocycles. The molecule has 0 aliphatic rings. The van der Waals surface area contributed by atoms with Crippen LogP contribution in [0.3, 0.4) is 0 Å². The standard InChI is InChI=1S/C9H22N2S2/c10-4-8-12-6-2-1-3-7-13-9-5-11/h1-11H2. The first-order valence-electron chi connectivity index (χ1n) is 4.97. The Kier molecular flexibility index (Phi) is 13.2. The number of unbranched alkanes of at least 4 members (excludes halogenated alkanes) is 2. The molecule has 0 aliphatic carbocycles. The summed E-state index contributed by atoms with van der Waals surface area (Å²) in [5.74, 6) is 4.78. The van der Waals surface area contributed by atoms with E-state index in [1.807, 2.05) is 23.5 Å². The van der Waals surface area contributed by atoms with Crippen LogP contribution in [0.4, 0.5) is 0 Å². The van der Waals surface area contributed by atoms with Crippen LogP contribution in [0.1, 0.15) is 19.3 Å². The lowest BCUT2D eigenvalue weighted by atomic mass is 10.3. The average Bonchev–Trinajstić information content (AvgIpc) is 2.16. The Bertz CT molecular complexity index is 81.7. The van der Waals surface area contributed by atoms with Crippen LogP contribution in [0.25, 0.3) is 0 Å². The molecule has 0 saturated heterocycles. The maximum Gasteiger partial charge on any atom is 0.00558 e. The van der Waals surface area contributed by atoms with E-state index < -0.39 is 0 Å². The number of nitrogens with two attached hydrogens (primary N) is 2. The molecule has 0 aliphatic heterocycles. The second-order valence-electron chi connectivity index (χ2n) is 2.86. The van der Waals surface area contributed by atoms with Crippen LogP contribution >= 0.6 is 23.5 Å². The Labute approximate surface area is 90.6 Å². The molecule has 0 aromatic carbocycles. The molecule has 80 valence electrons. The summed E-state index contributed by atoms with van der Waals surface area (Å²) in [6, 6.07) is 0. The molecule has 0 saturated carbocycles. The Morgan fingerprint density at radius 3 is 1.46 bits per heavy atom. The predicted molar refractivity (Wildman–Crippen MR) is 66.6 cm³/mol. The highest BCUT2D eigenvalue weighted by Crippen LogP contribution is 2.08. The summed E-state index contributed by atoms with van der Waals surface area (Å²) in [6.45, 7) is 1.63. The zero-order valence-electron chi connectivity index (χ0n) is 8.34. The lowest BCUT2D eigenvalue weighted by Crippen LogP contribution is -2.02. The quantitative estimate of drug-likeness (QED) is 0.551. The minimum absolute atomic E-state index is 0.816. The third kappa shape index (κ3) is 12.6. The number of rotatable bonds is 10. The van der Waals surface area contributed by atoms with Gasteiger partial charge < -0.3 is 11.5 Å². The van der Waals surface area contributed by atoms with E-state index in [0.29, 0.717) is 0 Å². The second kappa shape index (κ2) is 12.6. The monoisotopic (exact) mass is 222 g/mol. The van der Waals surface area contributed by atoms with Gasteiger partial charge in [0.25, 0.3) is 0 Å². The van der Waals surface area contributed by atoms with Crippen molar-refractivity contribution in [2.75, 3.05) is 36.1 Å². The molecule has 0 heterocycles. The van der Waals surface area contributed by atoms with Gasteiger partial charge in [-0.1, -0.05) is 6.42 Å². The van der Waals surface area contributed by atoms with Crippen molar-refractivity contribution in [1.29, 1.82) is 0 Å². The van der Waals surface area contributed by atoms with E-state index in [2.05, 4.69) is 0 Å². The first-order chi connectivity index (χ1) is 6.41. The van der Waals surface area contributed by atoms with Gasteiger partial charge in [0.15, 0.2) is 0 Å². The highest BCUT2D eigenvalue weighted by Gasteiger charge is 1.91. The minimum atomic E-state index is 0.816. The number of hydrogen-bond acceptors (Lipinski definition) is 4. The largest absolute Gasteiger partial charge is 0.330 e. The maximum absolute atomic E-state index is 5.39. The molecule has 0 bridgehead atoms. The van der Waals surface area contributed by atoms with Crippen molar-refractivity contribution >= 4 is 23.5 Å². The van der Waals surface area contributed by atoms with Gasteiger partial charge in [0.2, 0.25) is 0 Å². The fourth-order valence-corrected chi connectivity index (χ4v) is 2.51. The van der Waals surface area contributed by atoms with Crippen LogP contribution in [-0.4, -0.2) is 36.1 Å². The molecule has 4 heteroatoms. The molecule has 0 fully saturated rings. The van der Waals surface area contributed by atoms with Crippen LogP contribution in [0.2, 0.25) is 0 Å². The molecule has 13 heavy (non-hydrogen) atoms. The van der Waals surface area contributed by atoms with Gasteiger partial charge in [-0.05, 0) is 24.3 Å². The summed E-state index contributed by atoms with van der Waals surface area (Å²) >= 11 is 3.94. The molecule has 4 N–H and O–H groups in total. The smallest absolute Gasteiger partial charge is 0.00558 e. The zero-order chi connectivity index (χ0) is 9.78. The van der Waals surface area contributed by atoms with Crippen LogP contribution < -0.4 is 11.5 Å². The van der Waals surface area contributed by atoms with Crippen molar-refractivity contribution in [2.24, 2.45) is 11.5 Å². The Balaban J connectivity index is 2.76. The molecule has 0 aromatic rings. The molecule has 0 spiro atoms. The van der Waals surface area contributed by atoms with Gasteiger partial charge in [-0.3, -0.25) is 0 Å². The summed E-state index contributed by atoms with van der Waals surface area (Å²) < 4.78 is 0. The lowest BCUT2D eigenvalue weighted by molar-refractivity contribution is 0.785. The molecule has 0 rings (SSSR count). The van der Waals surface area contributed by atoms with Gasteiger partial charge in [0.1, 0.15) is 0 Å². The summed E-state index contributed by atoms with van der Waals surface area (Å²) in [5.41, 5.74) is 10.8. The molecule has 2 nitrogen and oxygen atoms in total. The zero-order valence-corrected chi connectivity index (χ0v) is 9.97. The SMILES string of the molecule is NCCSCCCCCSCCN. The van der Waals surface area contributed by atoms with Crippen LogP contribution in [0, 0.1) is 0 Å². The van der Waals surface area contributed by atoms with Gasteiger partial charge in [-0.2, -0.15) is 23.5 Å². The predicted octanol–water partition coefficient (Wildman–Crippen LogP) is 1.54. The van der Waals surface area contributed by atoms with Crippen molar-refractivity contribution < 1.29 is 0 Å². The third-order valence-corrected chi connectivity index (χ3v) is 3.81. The van der Waals surface area contributed by atoms with E-state index in [-0.39, 0.29) is 0 Å². The topological polar surface area (TPSA) is 52.0 Å². The Morgan fingerprint density at radius 2 is 1.08 bits per heavy atom.